The Balaban J connectivity index is 2.56. The lowest BCUT2D eigenvalue weighted by Gasteiger charge is -2.33. The van der Waals surface area contributed by atoms with Gasteiger partial charge >= 0.3 is 0 Å². The van der Waals surface area contributed by atoms with Gasteiger partial charge in [0.1, 0.15) is 0 Å². The first-order chi connectivity index (χ1) is 6.52. The lowest BCUT2D eigenvalue weighted by Crippen LogP contribution is -2.44. The van der Waals surface area contributed by atoms with Crippen molar-refractivity contribution in [2.45, 2.75) is 59.2 Å². The predicted octanol–water partition coefficient (Wildman–Crippen LogP) is 2.20. The molecule has 0 aromatic carbocycles. The minimum absolute atomic E-state index is 0.692. The van der Waals surface area contributed by atoms with Gasteiger partial charge in [-0.3, -0.25) is 9.80 Å². The first-order valence-corrected chi connectivity index (χ1v) is 6.02. The third kappa shape index (κ3) is 2.96. The largest absolute Gasteiger partial charge is 0.299 e. The summed E-state index contributed by atoms with van der Waals surface area (Å²) in [6.45, 7) is 15.3. The van der Waals surface area contributed by atoms with E-state index in [0.29, 0.717) is 18.1 Å². The molecule has 1 aliphatic heterocycles. The highest BCUT2D eigenvalue weighted by molar-refractivity contribution is 4.80. The molecule has 0 aromatic heterocycles. The summed E-state index contributed by atoms with van der Waals surface area (Å²) < 4.78 is 0. The lowest BCUT2D eigenvalue weighted by molar-refractivity contribution is 0.145. The minimum Gasteiger partial charge on any atom is -0.299 e. The zero-order valence-corrected chi connectivity index (χ0v) is 10.5. The van der Waals surface area contributed by atoms with Gasteiger partial charge in [-0.05, 0) is 54.1 Å². The molecule has 1 aliphatic rings. The van der Waals surface area contributed by atoms with Crippen LogP contribution < -0.4 is 0 Å². The van der Waals surface area contributed by atoms with Crippen molar-refractivity contribution in [3.05, 3.63) is 0 Å². The van der Waals surface area contributed by atoms with Gasteiger partial charge in [-0.1, -0.05) is 0 Å². The molecular weight excluding hydrogens is 172 g/mol. The van der Waals surface area contributed by atoms with Crippen molar-refractivity contribution < 1.29 is 0 Å². The lowest BCUT2D eigenvalue weighted by atomic mass is 10.2. The van der Waals surface area contributed by atoms with Crippen molar-refractivity contribution in [3.63, 3.8) is 0 Å². The van der Waals surface area contributed by atoms with Crippen LogP contribution in [0.2, 0.25) is 0 Å². The molecule has 1 saturated heterocycles. The van der Waals surface area contributed by atoms with Gasteiger partial charge in [0.15, 0.2) is 0 Å². The standard InChI is InChI=1S/C12H26N2/c1-10(2)13-7-6-8-14(11(3)4)12(5)9-13/h10-12H,6-9H2,1-5H3/t12-/m1/s1. The molecule has 0 aliphatic carbocycles. The van der Waals surface area contributed by atoms with Gasteiger partial charge in [-0.15, -0.1) is 0 Å². The SMILES string of the molecule is CC(C)N1CCCN(C(C)C)[C@H](C)C1. The summed E-state index contributed by atoms with van der Waals surface area (Å²) >= 11 is 0. The highest BCUT2D eigenvalue weighted by Gasteiger charge is 2.24. The van der Waals surface area contributed by atoms with Crippen LogP contribution in [-0.4, -0.2) is 47.6 Å². The maximum Gasteiger partial charge on any atom is 0.0197 e. The van der Waals surface area contributed by atoms with Crippen LogP contribution in [0.5, 0.6) is 0 Å². The summed E-state index contributed by atoms with van der Waals surface area (Å²) in [5.74, 6) is 0. The van der Waals surface area contributed by atoms with Gasteiger partial charge < -0.3 is 0 Å². The van der Waals surface area contributed by atoms with E-state index in [1.807, 2.05) is 0 Å². The predicted molar refractivity (Wildman–Crippen MR) is 62.6 cm³/mol. The Kier molecular flexibility index (Phi) is 4.39. The summed E-state index contributed by atoms with van der Waals surface area (Å²) in [7, 11) is 0. The van der Waals surface area contributed by atoms with E-state index >= 15 is 0 Å². The Hall–Kier alpha value is -0.0800. The third-order valence-corrected chi connectivity index (χ3v) is 3.32. The molecule has 0 bridgehead atoms. The van der Waals surface area contributed by atoms with E-state index in [9.17, 15) is 0 Å². The maximum atomic E-state index is 2.63. The van der Waals surface area contributed by atoms with Gasteiger partial charge in [-0.2, -0.15) is 0 Å². The first kappa shape index (κ1) is 12.0. The summed E-state index contributed by atoms with van der Waals surface area (Å²) in [5, 5.41) is 0. The molecule has 1 heterocycles. The Morgan fingerprint density at radius 3 is 2.14 bits per heavy atom. The van der Waals surface area contributed by atoms with E-state index in [4.69, 9.17) is 0 Å². The highest BCUT2D eigenvalue weighted by Crippen LogP contribution is 2.14. The molecule has 0 aromatic rings. The topological polar surface area (TPSA) is 6.48 Å². The van der Waals surface area contributed by atoms with Crippen LogP contribution in [-0.2, 0) is 0 Å². The third-order valence-electron chi connectivity index (χ3n) is 3.32. The quantitative estimate of drug-likeness (QED) is 0.671. The molecule has 1 fully saturated rings. The number of rotatable bonds is 2. The molecule has 1 atom stereocenters. The van der Waals surface area contributed by atoms with E-state index in [-0.39, 0.29) is 0 Å². The van der Waals surface area contributed by atoms with Crippen molar-refractivity contribution in [3.8, 4) is 0 Å². The Morgan fingerprint density at radius 2 is 1.64 bits per heavy atom. The summed E-state index contributed by atoms with van der Waals surface area (Å²) in [6.07, 6.45) is 1.32. The molecule has 0 amide bonds. The van der Waals surface area contributed by atoms with E-state index in [1.54, 1.807) is 0 Å². The molecule has 0 spiro atoms. The Morgan fingerprint density at radius 1 is 1.00 bits per heavy atom. The summed E-state index contributed by atoms with van der Waals surface area (Å²) in [5.41, 5.74) is 0. The van der Waals surface area contributed by atoms with Gasteiger partial charge in [0.2, 0.25) is 0 Å². The fraction of sp³-hybridized carbons (Fsp3) is 1.00. The fourth-order valence-corrected chi connectivity index (χ4v) is 2.45. The van der Waals surface area contributed by atoms with Crippen LogP contribution in [0.3, 0.4) is 0 Å². The van der Waals surface area contributed by atoms with Crippen molar-refractivity contribution in [2.75, 3.05) is 19.6 Å². The number of hydrogen-bond acceptors (Lipinski definition) is 2. The van der Waals surface area contributed by atoms with Crippen LogP contribution in [0.4, 0.5) is 0 Å². The van der Waals surface area contributed by atoms with E-state index < -0.39 is 0 Å². The van der Waals surface area contributed by atoms with Crippen LogP contribution in [0.25, 0.3) is 0 Å². The molecule has 84 valence electrons. The van der Waals surface area contributed by atoms with Crippen molar-refractivity contribution in [1.82, 2.24) is 9.80 Å². The molecule has 0 unspecified atom stereocenters. The number of nitrogens with zero attached hydrogens (tertiary/aromatic N) is 2. The van der Waals surface area contributed by atoms with Gasteiger partial charge in [0.25, 0.3) is 0 Å². The van der Waals surface area contributed by atoms with Gasteiger partial charge in [0, 0.05) is 24.7 Å². The normalized spacial score (nSPS) is 27.2. The van der Waals surface area contributed by atoms with Gasteiger partial charge in [0.05, 0.1) is 0 Å². The van der Waals surface area contributed by atoms with Crippen LogP contribution in [0.1, 0.15) is 41.0 Å². The average Bonchev–Trinajstić information content (AvgIpc) is 2.26. The van der Waals surface area contributed by atoms with E-state index in [0.717, 1.165) is 0 Å². The van der Waals surface area contributed by atoms with E-state index in [2.05, 4.69) is 44.4 Å². The second kappa shape index (κ2) is 5.13. The zero-order valence-electron chi connectivity index (χ0n) is 10.5. The second-order valence-electron chi connectivity index (χ2n) is 5.12. The molecule has 1 rings (SSSR count). The monoisotopic (exact) mass is 198 g/mol. The molecule has 2 nitrogen and oxygen atoms in total. The Labute approximate surface area is 89.3 Å². The molecule has 0 saturated carbocycles. The summed E-state index contributed by atoms with van der Waals surface area (Å²) in [4.78, 5) is 5.23. The maximum absolute atomic E-state index is 2.63. The van der Waals surface area contributed by atoms with Crippen LogP contribution in [0.15, 0.2) is 0 Å². The smallest absolute Gasteiger partial charge is 0.0197 e. The first-order valence-electron chi connectivity index (χ1n) is 6.02. The fourth-order valence-electron chi connectivity index (χ4n) is 2.45. The minimum atomic E-state index is 0.692. The van der Waals surface area contributed by atoms with Crippen LogP contribution >= 0.6 is 0 Å². The molecule has 0 radical (unpaired) electrons. The molecule has 2 heteroatoms. The van der Waals surface area contributed by atoms with Crippen molar-refractivity contribution >= 4 is 0 Å². The summed E-state index contributed by atoms with van der Waals surface area (Å²) in [6, 6.07) is 2.10. The Bertz CT molecular complexity index is 166. The second-order valence-corrected chi connectivity index (χ2v) is 5.12. The zero-order chi connectivity index (χ0) is 10.7. The van der Waals surface area contributed by atoms with Crippen LogP contribution in [0, 0.1) is 0 Å². The van der Waals surface area contributed by atoms with E-state index in [1.165, 1.54) is 26.1 Å². The highest BCUT2D eigenvalue weighted by atomic mass is 15.3. The molecule has 14 heavy (non-hydrogen) atoms. The van der Waals surface area contributed by atoms with Gasteiger partial charge in [-0.25, -0.2) is 0 Å². The molecule has 0 N–H and O–H groups in total. The van der Waals surface area contributed by atoms with Crippen molar-refractivity contribution in [2.24, 2.45) is 0 Å². The van der Waals surface area contributed by atoms with Crippen molar-refractivity contribution in [1.29, 1.82) is 0 Å². The molecular formula is C12H26N2. The number of hydrogen-bond donors (Lipinski definition) is 0. The average molecular weight is 198 g/mol.